The van der Waals surface area contributed by atoms with E-state index in [0.717, 1.165) is 12.1 Å². The molecule has 0 saturated heterocycles. The second kappa shape index (κ2) is 8.08. The van der Waals surface area contributed by atoms with Crippen LogP contribution >= 0.6 is 0 Å². The Hall–Kier alpha value is -3.73. The molecule has 32 heavy (non-hydrogen) atoms. The van der Waals surface area contributed by atoms with Crippen LogP contribution in [0.1, 0.15) is 31.1 Å². The topological polar surface area (TPSA) is 112 Å². The maximum Gasteiger partial charge on any atom is 0.295 e. The smallest absolute Gasteiger partial charge is 0.295 e. The molecule has 166 valence electrons. The summed E-state index contributed by atoms with van der Waals surface area (Å²) in [5, 5.41) is 32.7. The highest BCUT2D eigenvalue weighted by atomic mass is 19.1. The number of aliphatic hydroxyl groups is 1. The molecule has 0 bridgehead atoms. The van der Waals surface area contributed by atoms with Crippen LogP contribution in [0.15, 0.2) is 49.1 Å². The van der Waals surface area contributed by atoms with Gasteiger partial charge in [-0.25, -0.2) is 18.4 Å². The lowest BCUT2D eigenvalue weighted by molar-refractivity contribution is -0.383. The van der Waals surface area contributed by atoms with Crippen LogP contribution in [0.3, 0.4) is 0 Å². The maximum atomic E-state index is 14.9. The number of nitrogens with zero attached hydrogens (tertiary/aromatic N) is 6. The van der Waals surface area contributed by atoms with Crippen LogP contribution in [0, 0.1) is 21.7 Å². The predicted molar refractivity (Wildman–Crippen MR) is 111 cm³/mol. The molecule has 2 atom stereocenters. The normalized spacial score (nSPS) is 14.4. The van der Waals surface area contributed by atoms with E-state index >= 15 is 0 Å². The van der Waals surface area contributed by atoms with Gasteiger partial charge < -0.3 is 5.11 Å². The van der Waals surface area contributed by atoms with Gasteiger partial charge in [0, 0.05) is 23.1 Å². The van der Waals surface area contributed by atoms with Crippen molar-refractivity contribution >= 4 is 16.6 Å². The number of non-ortho nitro benzene ring substituents is 1. The Bertz CT molecular complexity index is 1290. The predicted octanol–water partition coefficient (Wildman–Crippen LogP) is 3.53. The quantitative estimate of drug-likeness (QED) is 0.346. The van der Waals surface area contributed by atoms with Gasteiger partial charge in [0.1, 0.15) is 35.4 Å². The number of hydrogen-bond donors (Lipinski definition) is 1. The molecule has 0 saturated carbocycles. The molecule has 0 aliphatic rings. The number of halogens is 2. The van der Waals surface area contributed by atoms with Crippen LogP contribution in [0.2, 0.25) is 0 Å². The standard InChI is InChI=1S/C21H20F2N6O3/c1-3-18-15-5-4-6-19(29(31)32)20(15)28(26-18)13(2)21(30,10-27-12-24-11-25-27)16-8-7-14(22)9-17(16)23/h4-9,11-13,30H,3,10H2,1-2H3/t13-,21-/m1/s1. The van der Waals surface area contributed by atoms with E-state index in [9.17, 15) is 24.0 Å². The van der Waals surface area contributed by atoms with Gasteiger partial charge in [-0.2, -0.15) is 10.2 Å². The monoisotopic (exact) mass is 442 g/mol. The summed E-state index contributed by atoms with van der Waals surface area (Å²) in [6.07, 6.45) is 3.10. The zero-order chi connectivity index (χ0) is 23.0. The van der Waals surface area contributed by atoms with E-state index in [1.807, 2.05) is 6.92 Å². The molecule has 1 N–H and O–H groups in total. The molecular formula is C21H20F2N6O3. The Labute approximate surface area is 181 Å². The number of hydrogen-bond acceptors (Lipinski definition) is 6. The fourth-order valence-electron chi connectivity index (χ4n) is 3.97. The van der Waals surface area contributed by atoms with Gasteiger partial charge in [-0.1, -0.05) is 25.1 Å². The molecule has 0 amide bonds. The van der Waals surface area contributed by atoms with Gasteiger partial charge in [0.2, 0.25) is 0 Å². The molecular weight excluding hydrogens is 422 g/mol. The number of fused-ring (bicyclic) bond motifs is 1. The first-order chi connectivity index (χ1) is 15.3. The van der Waals surface area contributed by atoms with Crippen LogP contribution in [-0.2, 0) is 18.6 Å². The third kappa shape index (κ3) is 3.50. The third-order valence-electron chi connectivity index (χ3n) is 5.64. The van der Waals surface area contributed by atoms with Gasteiger partial charge in [-0.15, -0.1) is 0 Å². The molecule has 0 spiro atoms. The lowest BCUT2D eigenvalue weighted by atomic mass is 9.86. The van der Waals surface area contributed by atoms with Crippen molar-refractivity contribution in [3.8, 4) is 0 Å². The average Bonchev–Trinajstić information content (AvgIpc) is 3.40. The van der Waals surface area contributed by atoms with Crippen molar-refractivity contribution in [3.05, 3.63) is 82.1 Å². The fourth-order valence-corrected chi connectivity index (χ4v) is 3.97. The van der Waals surface area contributed by atoms with Crippen molar-refractivity contribution in [2.45, 2.75) is 38.5 Å². The second-order valence-electron chi connectivity index (χ2n) is 7.49. The minimum Gasteiger partial charge on any atom is -0.381 e. The number of nitro groups is 1. The Kier molecular flexibility index (Phi) is 5.43. The number of aromatic nitrogens is 5. The first-order valence-corrected chi connectivity index (χ1v) is 9.91. The molecule has 0 aliphatic heterocycles. The number of benzene rings is 2. The van der Waals surface area contributed by atoms with E-state index in [2.05, 4.69) is 15.2 Å². The number of para-hydroxylation sites is 1. The molecule has 4 rings (SSSR count). The summed E-state index contributed by atoms with van der Waals surface area (Å²) in [4.78, 5) is 15.1. The van der Waals surface area contributed by atoms with Crippen molar-refractivity contribution < 1.29 is 18.8 Å². The molecule has 0 unspecified atom stereocenters. The third-order valence-corrected chi connectivity index (χ3v) is 5.64. The number of nitro benzene ring substituents is 1. The van der Waals surface area contributed by atoms with E-state index in [-0.39, 0.29) is 23.3 Å². The summed E-state index contributed by atoms with van der Waals surface area (Å²) in [7, 11) is 0. The van der Waals surface area contributed by atoms with E-state index in [4.69, 9.17) is 0 Å². The van der Waals surface area contributed by atoms with Crippen molar-refractivity contribution in [2.75, 3.05) is 0 Å². The van der Waals surface area contributed by atoms with Crippen molar-refractivity contribution in [1.29, 1.82) is 0 Å². The number of rotatable bonds is 7. The van der Waals surface area contributed by atoms with E-state index in [1.165, 1.54) is 28.1 Å². The summed E-state index contributed by atoms with van der Waals surface area (Å²) in [5.41, 5.74) is -1.58. The number of aryl methyl sites for hydroxylation is 1. The van der Waals surface area contributed by atoms with Crippen molar-refractivity contribution in [1.82, 2.24) is 24.5 Å². The van der Waals surface area contributed by atoms with E-state index < -0.39 is 28.2 Å². The molecule has 0 radical (unpaired) electrons. The Morgan fingerprint density at radius 1 is 1.28 bits per heavy atom. The highest BCUT2D eigenvalue weighted by molar-refractivity contribution is 5.90. The molecule has 11 heteroatoms. The summed E-state index contributed by atoms with van der Waals surface area (Å²) < 4.78 is 31.1. The van der Waals surface area contributed by atoms with Crippen LogP contribution in [0.5, 0.6) is 0 Å². The average molecular weight is 442 g/mol. The molecule has 9 nitrogen and oxygen atoms in total. The van der Waals surface area contributed by atoms with Gasteiger partial charge in [-0.05, 0) is 19.4 Å². The SMILES string of the molecule is CCc1nn([C@H](C)[C@](O)(Cn2cncn2)c2ccc(F)cc2F)c2c([N+](=O)[O-])cccc12. The molecule has 0 fully saturated rings. The van der Waals surface area contributed by atoms with Crippen LogP contribution in [-0.4, -0.2) is 34.6 Å². The zero-order valence-corrected chi connectivity index (χ0v) is 17.3. The Morgan fingerprint density at radius 3 is 2.69 bits per heavy atom. The van der Waals surface area contributed by atoms with E-state index in [0.29, 0.717) is 23.6 Å². The highest BCUT2D eigenvalue weighted by Gasteiger charge is 2.42. The summed E-state index contributed by atoms with van der Waals surface area (Å²) in [6, 6.07) is 6.49. The fraction of sp³-hybridized carbons (Fsp3) is 0.286. The first-order valence-electron chi connectivity index (χ1n) is 9.91. The first kappa shape index (κ1) is 21.5. The Balaban J connectivity index is 1.96. The van der Waals surface area contributed by atoms with Gasteiger partial charge in [0.05, 0.1) is 23.2 Å². The van der Waals surface area contributed by atoms with Gasteiger partial charge in [0.15, 0.2) is 0 Å². The van der Waals surface area contributed by atoms with Gasteiger partial charge in [0.25, 0.3) is 5.69 Å². The summed E-state index contributed by atoms with van der Waals surface area (Å²) in [6.45, 7) is 3.18. The Morgan fingerprint density at radius 2 is 2.06 bits per heavy atom. The van der Waals surface area contributed by atoms with E-state index in [1.54, 1.807) is 19.1 Å². The molecule has 2 aromatic carbocycles. The highest BCUT2D eigenvalue weighted by Crippen LogP contribution is 2.40. The largest absolute Gasteiger partial charge is 0.381 e. The van der Waals surface area contributed by atoms with Gasteiger partial charge in [-0.3, -0.25) is 14.8 Å². The lowest BCUT2D eigenvalue weighted by Gasteiger charge is -2.35. The second-order valence-corrected chi connectivity index (χ2v) is 7.49. The molecule has 2 heterocycles. The van der Waals surface area contributed by atoms with Crippen LogP contribution in [0.4, 0.5) is 14.5 Å². The zero-order valence-electron chi connectivity index (χ0n) is 17.3. The minimum absolute atomic E-state index is 0.191. The maximum absolute atomic E-state index is 14.9. The van der Waals surface area contributed by atoms with Gasteiger partial charge >= 0.3 is 0 Å². The van der Waals surface area contributed by atoms with Crippen molar-refractivity contribution in [2.24, 2.45) is 0 Å². The summed E-state index contributed by atoms with van der Waals surface area (Å²) >= 11 is 0. The molecule has 4 aromatic rings. The lowest BCUT2D eigenvalue weighted by Crippen LogP contribution is -2.41. The van der Waals surface area contributed by atoms with Crippen LogP contribution in [0.25, 0.3) is 10.9 Å². The van der Waals surface area contributed by atoms with Crippen molar-refractivity contribution in [3.63, 3.8) is 0 Å². The summed E-state index contributed by atoms with van der Waals surface area (Å²) in [5.74, 6) is -1.75. The molecule has 0 aliphatic carbocycles. The minimum atomic E-state index is -2.00. The molecule has 2 aromatic heterocycles. The van der Waals surface area contributed by atoms with Crippen LogP contribution < -0.4 is 0 Å².